The van der Waals surface area contributed by atoms with Gasteiger partial charge in [-0.15, -0.1) is 0 Å². The molecule has 2 heterocycles. The van der Waals surface area contributed by atoms with Crippen LogP contribution in [0.1, 0.15) is 0 Å². The molecule has 0 amide bonds. The van der Waals surface area contributed by atoms with Crippen LogP contribution >= 0.6 is 0 Å². The third-order valence-corrected chi connectivity index (χ3v) is 3.84. The zero-order valence-electron chi connectivity index (χ0n) is 12.9. The number of hydrogen-bond acceptors (Lipinski definition) is 3. The summed E-state index contributed by atoms with van der Waals surface area (Å²) in [5.74, 6) is -2.11. The van der Waals surface area contributed by atoms with Crippen LogP contribution in [0.3, 0.4) is 0 Å². The van der Waals surface area contributed by atoms with Gasteiger partial charge >= 0.3 is 0 Å². The second-order valence-corrected chi connectivity index (χ2v) is 5.44. The first-order valence-corrected chi connectivity index (χ1v) is 7.54. The van der Waals surface area contributed by atoms with Crippen LogP contribution in [0.25, 0.3) is 27.8 Å². The first-order chi connectivity index (χ1) is 12.1. The molecule has 0 fully saturated rings. The highest BCUT2D eigenvalue weighted by Gasteiger charge is 2.16. The van der Waals surface area contributed by atoms with E-state index in [9.17, 15) is 13.6 Å². The second-order valence-electron chi connectivity index (χ2n) is 5.44. The van der Waals surface area contributed by atoms with E-state index in [4.69, 9.17) is 0 Å². The van der Waals surface area contributed by atoms with Crippen LogP contribution in [0.5, 0.6) is 0 Å². The Balaban J connectivity index is 2.10. The molecule has 0 bridgehead atoms. The van der Waals surface area contributed by atoms with Crippen molar-refractivity contribution >= 4 is 10.8 Å². The minimum atomic E-state index is -0.955. The van der Waals surface area contributed by atoms with Gasteiger partial charge in [0.25, 0.3) is 5.56 Å². The van der Waals surface area contributed by atoms with E-state index in [0.717, 1.165) is 16.4 Å². The van der Waals surface area contributed by atoms with Crippen molar-refractivity contribution in [2.75, 3.05) is 0 Å². The molecule has 4 aromatic rings. The molecule has 0 saturated carbocycles. The van der Waals surface area contributed by atoms with Crippen LogP contribution in [0.15, 0.2) is 71.7 Å². The number of rotatable bonds is 2. The highest BCUT2D eigenvalue weighted by molar-refractivity contribution is 5.93. The average Bonchev–Trinajstić information content (AvgIpc) is 2.64. The van der Waals surface area contributed by atoms with Gasteiger partial charge in [0.15, 0.2) is 11.6 Å². The second kappa shape index (κ2) is 5.90. The Bertz CT molecular complexity index is 1140. The van der Waals surface area contributed by atoms with E-state index in [1.165, 1.54) is 0 Å². The molecule has 2 aromatic heterocycles. The van der Waals surface area contributed by atoms with Gasteiger partial charge < -0.3 is 0 Å². The summed E-state index contributed by atoms with van der Waals surface area (Å²) in [6.07, 6.45) is 0.851. The van der Waals surface area contributed by atoms with Crippen molar-refractivity contribution < 1.29 is 8.78 Å². The third kappa shape index (κ3) is 2.57. The number of fused-ring (bicyclic) bond motifs is 1. The molecule has 0 atom stereocenters. The predicted octanol–water partition coefficient (Wildman–Crippen LogP) is 3.73. The van der Waals surface area contributed by atoms with Gasteiger partial charge in [0.1, 0.15) is 5.82 Å². The fourth-order valence-electron chi connectivity index (χ4n) is 2.71. The maximum atomic E-state index is 14.1. The van der Waals surface area contributed by atoms with Gasteiger partial charge in [0.05, 0.1) is 17.3 Å². The van der Waals surface area contributed by atoms with Crippen LogP contribution < -0.4 is 5.56 Å². The Morgan fingerprint density at radius 3 is 2.28 bits per heavy atom. The number of hydrogen-bond donors (Lipinski definition) is 0. The van der Waals surface area contributed by atoms with Crippen LogP contribution in [-0.4, -0.2) is 14.8 Å². The van der Waals surface area contributed by atoms with Gasteiger partial charge in [-0.1, -0.05) is 48.5 Å². The molecule has 4 nitrogen and oxygen atoms in total. The standard InChI is InChI=1S/C19H11F2N3O/c20-13-10-16(21)18(22-11-13)24-19(25)15-9-5-4-8-14(15)17(23-24)12-6-2-1-3-7-12/h1-11H. The highest BCUT2D eigenvalue weighted by Crippen LogP contribution is 2.25. The molecule has 0 radical (unpaired) electrons. The molecular weight excluding hydrogens is 324 g/mol. The largest absolute Gasteiger partial charge is 0.280 e. The minimum Gasteiger partial charge on any atom is -0.267 e. The van der Waals surface area contributed by atoms with E-state index in [1.807, 2.05) is 30.3 Å². The summed E-state index contributed by atoms with van der Waals surface area (Å²) < 4.78 is 28.2. The average molecular weight is 335 g/mol. The zero-order chi connectivity index (χ0) is 17.4. The number of aromatic nitrogens is 3. The summed E-state index contributed by atoms with van der Waals surface area (Å²) >= 11 is 0. The lowest BCUT2D eigenvalue weighted by atomic mass is 10.1. The van der Waals surface area contributed by atoms with Crippen LogP contribution in [0.4, 0.5) is 8.78 Å². The van der Waals surface area contributed by atoms with E-state index in [0.29, 0.717) is 22.5 Å². The smallest absolute Gasteiger partial charge is 0.267 e. The van der Waals surface area contributed by atoms with Gasteiger partial charge in [0.2, 0.25) is 0 Å². The van der Waals surface area contributed by atoms with Gasteiger partial charge in [-0.3, -0.25) is 4.79 Å². The van der Waals surface area contributed by atoms with Gasteiger partial charge in [-0.25, -0.2) is 13.8 Å². The van der Waals surface area contributed by atoms with Gasteiger partial charge in [-0.2, -0.15) is 9.78 Å². The Morgan fingerprint density at radius 2 is 1.56 bits per heavy atom. The number of benzene rings is 2. The Kier molecular flexibility index (Phi) is 3.57. The third-order valence-electron chi connectivity index (χ3n) is 3.84. The molecule has 25 heavy (non-hydrogen) atoms. The van der Waals surface area contributed by atoms with Crippen molar-refractivity contribution in [1.82, 2.24) is 14.8 Å². The van der Waals surface area contributed by atoms with Gasteiger partial charge in [-0.05, 0) is 6.07 Å². The van der Waals surface area contributed by atoms with E-state index in [1.54, 1.807) is 24.3 Å². The van der Waals surface area contributed by atoms with Crippen molar-refractivity contribution in [3.63, 3.8) is 0 Å². The molecule has 122 valence electrons. The van der Waals surface area contributed by atoms with Crippen molar-refractivity contribution in [3.05, 3.63) is 88.8 Å². The van der Waals surface area contributed by atoms with Crippen molar-refractivity contribution in [2.45, 2.75) is 0 Å². The van der Waals surface area contributed by atoms with Crippen molar-refractivity contribution in [1.29, 1.82) is 0 Å². The summed E-state index contributed by atoms with van der Waals surface area (Å²) in [6, 6.07) is 16.9. The molecule has 6 heteroatoms. The number of pyridine rings is 1. The van der Waals surface area contributed by atoms with E-state index in [2.05, 4.69) is 10.1 Å². The molecule has 0 unspecified atom stereocenters. The van der Waals surface area contributed by atoms with E-state index >= 15 is 0 Å². The normalized spacial score (nSPS) is 11.0. The first kappa shape index (κ1) is 15.1. The number of halogens is 2. The summed E-state index contributed by atoms with van der Waals surface area (Å²) in [4.78, 5) is 16.5. The van der Waals surface area contributed by atoms with E-state index < -0.39 is 17.2 Å². The molecule has 0 aliphatic heterocycles. The molecule has 0 spiro atoms. The SMILES string of the molecule is O=c1c2ccccc2c(-c2ccccc2)nn1-c1ncc(F)cc1F. The quantitative estimate of drug-likeness (QED) is 0.561. The van der Waals surface area contributed by atoms with Gasteiger partial charge in [0, 0.05) is 17.0 Å². The maximum absolute atomic E-state index is 14.1. The summed E-state index contributed by atoms with van der Waals surface area (Å²) in [7, 11) is 0. The van der Waals surface area contributed by atoms with Crippen LogP contribution in [-0.2, 0) is 0 Å². The van der Waals surface area contributed by atoms with Crippen molar-refractivity contribution in [3.8, 4) is 17.1 Å². The maximum Gasteiger partial charge on any atom is 0.280 e. The monoisotopic (exact) mass is 335 g/mol. The van der Waals surface area contributed by atoms with Crippen LogP contribution in [0.2, 0.25) is 0 Å². The molecule has 0 aliphatic rings. The Labute approximate surface area is 141 Å². The highest BCUT2D eigenvalue weighted by atomic mass is 19.1. The molecule has 0 N–H and O–H groups in total. The molecule has 2 aromatic carbocycles. The fourth-order valence-corrected chi connectivity index (χ4v) is 2.71. The molecule has 4 rings (SSSR count). The topological polar surface area (TPSA) is 47.8 Å². The first-order valence-electron chi connectivity index (χ1n) is 7.54. The fraction of sp³-hybridized carbons (Fsp3) is 0. The van der Waals surface area contributed by atoms with Crippen molar-refractivity contribution in [2.24, 2.45) is 0 Å². The lowest BCUT2D eigenvalue weighted by Crippen LogP contribution is -2.24. The molecule has 0 saturated heterocycles. The summed E-state index contributed by atoms with van der Waals surface area (Å²) in [5.41, 5.74) is 0.768. The molecule has 0 aliphatic carbocycles. The Hall–Kier alpha value is -3.41. The zero-order valence-corrected chi connectivity index (χ0v) is 12.9. The lowest BCUT2D eigenvalue weighted by Gasteiger charge is -2.11. The minimum absolute atomic E-state index is 0.339. The Morgan fingerprint density at radius 1 is 0.880 bits per heavy atom. The molecular formula is C19H11F2N3O. The summed E-state index contributed by atoms with van der Waals surface area (Å²) in [5, 5.41) is 5.34. The van der Waals surface area contributed by atoms with E-state index in [-0.39, 0.29) is 5.82 Å². The summed E-state index contributed by atoms with van der Waals surface area (Å²) in [6.45, 7) is 0. The van der Waals surface area contributed by atoms with Crippen LogP contribution in [0, 0.1) is 11.6 Å². The lowest BCUT2D eigenvalue weighted by molar-refractivity contribution is 0.557. The number of nitrogens with zero attached hydrogens (tertiary/aromatic N) is 3. The predicted molar refractivity (Wildman–Crippen MR) is 90.5 cm³/mol.